The summed E-state index contributed by atoms with van der Waals surface area (Å²) in [5.41, 5.74) is 1.17. The summed E-state index contributed by atoms with van der Waals surface area (Å²) in [5, 5.41) is 7.41. The maximum Gasteiger partial charge on any atom is 0.254 e. The molecule has 1 aliphatic heterocycles. The van der Waals surface area contributed by atoms with E-state index in [9.17, 15) is 4.79 Å². The average molecular weight is 365 g/mol. The van der Waals surface area contributed by atoms with Crippen LogP contribution < -0.4 is 10.6 Å². The highest BCUT2D eigenvalue weighted by Gasteiger charge is 2.49. The molecule has 24 heavy (non-hydrogen) atoms. The van der Waals surface area contributed by atoms with Gasteiger partial charge in [-0.25, -0.2) is 0 Å². The first-order chi connectivity index (χ1) is 11.6. The van der Waals surface area contributed by atoms with Gasteiger partial charge in [0.1, 0.15) is 0 Å². The van der Waals surface area contributed by atoms with Crippen LogP contribution in [-0.2, 0) is 15.1 Å². The van der Waals surface area contributed by atoms with Crippen LogP contribution in [0.2, 0.25) is 10.0 Å². The van der Waals surface area contributed by atoms with Gasteiger partial charge in [-0.05, 0) is 37.2 Å². The minimum atomic E-state index is -1.06. The van der Waals surface area contributed by atoms with E-state index in [2.05, 4.69) is 10.6 Å². The zero-order valence-corrected chi connectivity index (χ0v) is 14.7. The Morgan fingerprint density at radius 1 is 1.17 bits per heavy atom. The third-order valence-corrected chi connectivity index (χ3v) is 4.73. The number of fused-ring (bicyclic) bond motifs is 1. The molecule has 0 radical (unpaired) electrons. The molecule has 0 saturated heterocycles. The van der Waals surface area contributed by atoms with Crippen molar-refractivity contribution in [2.45, 2.75) is 12.0 Å². The number of benzene rings is 2. The first-order valence-corrected chi connectivity index (χ1v) is 8.45. The van der Waals surface area contributed by atoms with Gasteiger partial charge in [0.15, 0.2) is 5.54 Å². The second-order valence-corrected chi connectivity index (χ2v) is 6.49. The molecule has 4 nitrogen and oxygen atoms in total. The molecule has 0 bridgehead atoms. The van der Waals surface area contributed by atoms with Crippen molar-refractivity contribution in [3.63, 3.8) is 0 Å². The van der Waals surface area contributed by atoms with Crippen molar-refractivity contribution in [3.8, 4) is 0 Å². The third-order valence-electron chi connectivity index (χ3n) is 4.17. The minimum absolute atomic E-state index is 0.162. The van der Waals surface area contributed by atoms with Crippen molar-refractivity contribution < 1.29 is 9.53 Å². The Bertz CT molecular complexity index is 766. The van der Waals surface area contributed by atoms with Gasteiger partial charge >= 0.3 is 0 Å². The normalized spacial score (nSPS) is 19.2. The quantitative estimate of drug-likeness (QED) is 0.766. The summed E-state index contributed by atoms with van der Waals surface area (Å²) in [7, 11) is 1.65. The summed E-state index contributed by atoms with van der Waals surface area (Å²) in [6, 6.07) is 12.7. The molecular formula is C18H18Cl2N2O2. The van der Waals surface area contributed by atoms with Crippen molar-refractivity contribution in [3.05, 3.63) is 63.6 Å². The van der Waals surface area contributed by atoms with Gasteiger partial charge in [0.05, 0.1) is 0 Å². The standard InChI is InChI=1S/C18H18Cl2N2O2/c1-24-10-4-9-21-18(13-5-2-3-6-15(13)20)14-11-12(19)7-8-16(14)22-17(18)23/h2-3,5-8,11,21H,4,9-10H2,1H3,(H,22,23). The van der Waals surface area contributed by atoms with Crippen LogP contribution in [0.3, 0.4) is 0 Å². The summed E-state index contributed by atoms with van der Waals surface area (Å²) in [4.78, 5) is 13.0. The van der Waals surface area contributed by atoms with E-state index in [1.54, 1.807) is 25.3 Å². The van der Waals surface area contributed by atoms with Crippen molar-refractivity contribution in [1.82, 2.24) is 5.32 Å². The van der Waals surface area contributed by atoms with Gasteiger partial charge in [0.2, 0.25) is 0 Å². The Balaban J connectivity index is 2.12. The number of carbonyl (C=O) groups is 1. The number of halogens is 2. The molecule has 1 heterocycles. The Labute approximate surface area is 151 Å². The zero-order chi connectivity index (χ0) is 17.2. The smallest absolute Gasteiger partial charge is 0.254 e. The van der Waals surface area contributed by atoms with Crippen LogP contribution in [0.5, 0.6) is 0 Å². The summed E-state index contributed by atoms with van der Waals surface area (Å²) >= 11 is 12.6. The van der Waals surface area contributed by atoms with Crippen molar-refractivity contribution in [1.29, 1.82) is 0 Å². The molecule has 0 aliphatic carbocycles. The summed E-state index contributed by atoms with van der Waals surface area (Å²) in [5.74, 6) is -0.162. The molecule has 0 fully saturated rings. The van der Waals surface area contributed by atoms with Crippen molar-refractivity contribution in [2.75, 3.05) is 25.6 Å². The van der Waals surface area contributed by atoms with Crippen LogP contribution in [0.25, 0.3) is 0 Å². The lowest BCUT2D eigenvalue weighted by Crippen LogP contribution is -2.49. The lowest BCUT2D eigenvalue weighted by molar-refractivity contribution is -0.120. The second-order valence-electron chi connectivity index (χ2n) is 5.65. The van der Waals surface area contributed by atoms with Crippen LogP contribution in [-0.4, -0.2) is 26.2 Å². The molecule has 126 valence electrons. The van der Waals surface area contributed by atoms with E-state index in [0.29, 0.717) is 28.8 Å². The molecule has 2 aromatic carbocycles. The van der Waals surface area contributed by atoms with E-state index in [4.69, 9.17) is 27.9 Å². The molecule has 0 aromatic heterocycles. The molecule has 0 spiro atoms. The predicted octanol–water partition coefficient (Wildman–Crippen LogP) is 3.82. The molecule has 6 heteroatoms. The number of carbonyl (C=O) groups excluding carboxylic acids is 1. The summed E-state index contributed by atoms with van der Waals surface area (Å²) in [6.45, 7) is 1.20. The Hall–Kier alpha value is -1.59. The monoisotopic (exact) mass is 364 g/mol. The predicted molar refractivity (Wildman–Crippen MR) is 96.8 cm³/mol. The lowest BCUT2D eigenvalue weighted by Gasteiger charge is -2.30. The fraction of sp³-hybridized carbons (Fsp3) is 0.278. The van der Waals surface area contributed by atoms with Gasteiger partial charge in [-0.2, -0.15) is 0 Å². The average Bonchev–Trinajstić information content (AvgIpc) is 2.84. The molecule has 2 aromatic rings. The van der Waals surface area contributed by atoms with E-state index >= 15 is 0 Å². The number of rotatable bonds is 6. The van der Waals surface area contributed by atoms with E-state index in [1.165, 1.54) is 0 Å². The number of nitrogens with one attached hydrogen (secondary N) is 2. The first-order valence-electron chi connectivity index (χ1n) is 7.70. The second kappa shape index (κ2) is 7.11. The molecular weight excluding hydrogens is 347 g/mol. The van der Waals surface area contributed by atoms with E-state index in [1.807, 2.05) is 24.3 Å². The summed E-state index contributed by atoms with van der Waals surface area (Å²) in [6.07, 6.45) is 0.770. The van der Waals surface area contributed by atoms with Gasteiger partial charge in [-0.3, -0.25) is 10.1 Å². The Morgan fingerprint density at radius 2 is 1.96 bits per heavy atom. The number of amides is 1. The third kappa shape index (κ3) is 2.91. The molecule has 0 saturated carbocycles. The van der Waals surface area contributed by atoms with Crippen LogP contribution in [0.15, 0.2) is 42.5 Å². The molecule has 1 amide bonds. The highest BCUT2D eigenvalue weighted by atomic mass is 35.5. The first kappa shape index (κ1) is 17.2. The van der Waals surface area contributed by atoms with Crippen molar-refractivity contribution in [2.24, 2.45) is 0 Å². The fourth-order valence-electron chi connectivity index (χ4n) is 3.07. The molecule has 3 rings (SSSR count). The molecule has 2 N–H and O–H groups in total. The number of hydrogen-bond acceptors (Lipinski definition) is 3. The van der Waals surface area contributed by atoms with Gasteiger partial charge in [0, 0.05) is 40.6 Å². The summed E-state index contributed by atoms with van der Waals surface area (Å²) < 4.78 is 5.10. The Kier molecular flexibility index (Phi) is 5.11. The number of hydrogen-bond donors (Lipinski definition) is 2. The maximum atomic E-state index is 13.0. The van der Waals surface area contributed by atoms with E-state index in [0.717, 1.165) is 17.7 Å². The molecule has 1 atom stereocenters. The largest absolute Gasteiger partial charge is 0.385 e. The van der Waals surface area contributed by atoms with Gasteiger partial charge in [-0.1, -0.05) is 41.4 Å². The highest BCUT2D eigenvalue weighted by Crippen LogP contribution is 2.44. The van der Waals surface area contributed by atoms with Crippen molar-refractivity contribution >= 4 is 34.8 Å². The lowest BCUT2D eigenvalue weighted by atomic mass is 9.83. The number of methoxy groups -OCH3 is 1. The maximum absolute atomic E-state index is 13.0. The SMILES string of the molecule is COCCCNC1(c2ccccc2Cl)C(=O)Nc2ccc(Cl)cc21. The van der Waals surface area contributed by atoms with Gasteiger partial charge in [0.25, 0.3) is 5.91 Å². The topological polar surface area (TPSA) is 50.4 Å². The van der Waals surface area contributed by atoms with Gasteiger partial charge < -0.3 is 10.1 Å². The van der Waals surface area contributed by atoms with Crippen LogP contribution in [0.1, 0.15) is 17.5 Å². The van der Waals surface area contributed by atoms with Crippen LogP contribution >= 0.6 is 23.2 Å². The molecule has 1 aliphatic rings. The Morgan fingerprint density at radius 3 is 2.71 bits per heavy atom. The van der Waals surface area contributed by atoms with Crippen LogP contribution in [0, 0.1) is 0 Å². The van der Waals surface area contributed by atoms with E-state index < -0.39 is 5.54 Å². The number of ether oxygens (including phenoxy) is 1. The molecule has 1 unspecified atom stereocenters. The van der Waals surface area contributed by atoms with Crippen LogP contribution in [0.4, 0.5) is 5.69 Å². The highest BCUT2D eigenvalue weighted by molar-refractivity contribution is 6.32. The van der Waals surface area contributed by atoms with E-state index in [-0.39, 0.29) is 5.91 Å². The minimum Gasteiger partial charge on any atom is -0.385 e. The fourth-order valence-corrected chi connectivity index (χ4v) is 3.52. The zero-order valence-electron chi connectivity index (χ0n) is 13.2. The number of anilines is 1. The van der Waals surface area contributed by atoms with Gasteiger partial charge in [-0.15, -0.1) is 0 Å².